The number of ether oxygens (including phenoxy) is 1. The second-order valence-corrected chi connectivity index (χ2v) is 9.21. The maximum atomic E-state index is 12.1. The molecule has 2 heterocycles. The Kier molecular flexibility index (Phi) is 8.73. The van der Waals surface area contributed by atoms with Gasteiger partial charge in [-0.25, -0.2) is 4.79 Å². The van der Waals surface area contributed by atoms with Crippen molar-refractivity contribution in [3.8, 4) is 0 Å². The number of carbonyl (C=O) groups excluding carboxylic acids is 2. The number of unbranched alkanes of at least 4 members (excludes halogenated alkanes) is 1. The average molecular weight is 418 g/mol. The molecule has 2 aromatic rings. The van der Waals surface area contributed by atoms with Crippen LogP contribution in [0.2, 0.25) is 0 Å². The van der Waals surface area contributed by atoms with Crippen molar-refractivity contribution in [1.29, 1.82) is 0 Å². The Bertz CT molecular complexity index is 702. The quantitative estimate of drug-likeness (QED) is 0.348. The van der Waals surface area contributed by atoms with E-state index in [0.29, 0.717) is 17.2 Å². The Morgan fingerprint density at radius 3 is 2.72 bits per heavy atom. The van der Waals surface area contributed by atoms with Crippen LogP contribution in [0.25, 0.3) is 0 Å². The number of hydrogen-bond donors (Lipinski definition) is 1. The Hall–Kier alpha value is -1.10. The van der Waals surface area contributed by atoms with Crippen molar-refractivity contribution in [3.05, 3.63) is 17.0 Å². The van der Waals surface area contributed by atoms with E-state index in [0.717, 1.165) is 27.3 Å². The highest BCUT2D eigenvalue weighted by Crippen LogP contribution is 2.30. The molecule has 1 N–H and O–H groups in total. The van der Waals surface area contributed by atoms with Gasteiger partial charge in [0.15, 0.2) is 8.68 Å². The minimum atomic E-state index is -0.426. The highest BCUT2D eigenvalue weighted by Gasteiger charge is 2.16. The van der Waals surface area contributed by atoms with Gasteiger partial charge in [0.2, 0.25) is 5.91 Å². The number of anilines is 1. The highest BCUT2D eigenvalue weighted by molar-refractivity contribution is 8.03. The van der Waals surface area contributed by atoms with Gasteiger partial charge in [-0.15, -0.1) is 21.5 Å². The number of hydrogen-bond acceptors (Lipinski definition) is 9. The summed E-state index contributed by atoms with van der Waals surface area (Å²) in [5.74, 6) is 0.637. The van der Waals surface area contributed by atoms with Crippen LogP contribution in [-0.2, 0) is 9.53 Å². The summed E-state index contributed by atoms with van der Waals surface area (Å²) >= 11 is 5.84. The van der Waals surface area contributed by atoms with Gasteiger partial charge in [0.1, 0.15) is 5.00 Å². The fourth-order valence-electron chi connectivity index (χ4n) is 1.68. The van der Waals surface area contributed by atoms with E-state index in [4.69, 9.17) is 4.74 Å². The standard InChI is InChI=1S/C15H19N3O3S4/c1-3-5-7-23-14-17-18-15(25-14)24-9-11(19)16-12-10(6-8-22-12)13(20)21-4-2/h6,8H,3-5,7,9H2,1-2H3,(H,16,19). The summed E-state index contributed by atoms with van der Waals surface area (Å²) in [6.07, 6.45) is 2.31. The van der Waals surface area contributed by atoms with Gasteiger partial charge >= 0.3 is 5.97 Å². The van der Waals surface area contributed by atoms with Crippen molar-refractivity contribution < 1.29 is 14.3 Å². The number of esters is 1. The second-order valence-electron chi connectivity index (χ2n) is 4.76. The third kappa shape index (κ3) is 6.61. The Morgan fingerprint density at radius 2 is 2.00 bits per heavy atom. The number of aromatic nitrogens is 2. The molecule has 0 saturated carbocycles. The van der Waals surface area contributed by atoms with E-state index in [-0.39, 0.29) is 11.7 Å². The first-order valence-corrected chi connectivity index (χ1v) is 11.4. The van der Waals surface area contributed by atoms with Crippen LogP contribution >= 0.6 is 46.2 Å². The molecule has 0 unspecified atom stereocenters. The minimum Gasteiger partial charge on any atom is -0.462 e. The number of thiophene rings is 1. The van der Waals surface area contributed by atoms with E-state index in [1.54, 1.807) is 30.1 Å². The topological polar surface area (TPSA) is 81.2 Å². The Morgan fingerprint density at radius 1 is 1.24 bits per heavy atom. The number of amides is 1. The molecule has 0 aliphatic carbocycles. The molecule has 0 atom stereocenters. The minimum absolute atomic E-state index is 0.187. The van der Waals surface area contributed by atoms with E-state index < -0.39 is 5.97 Å². The van der Waals surface area contributed by atoms with Gasteiger partial charge in [0.25, 0.3) is 0 Å². The first-order valence-electron chi connectivity index (χ1n) is 7.77. The number of thioether (sulfide) groups is 2. The van der Waals surface area contributed by atoms with Crippen LogP contribution in [0, 0.1) is 0 Å². The van der Waals surface area contributed by atoms with Gasteiger partial charge in [-0.05, 0) is 24.8 Å². The maximum absolute atomic E-state index is 12.1. The molecule has 2 rings (SSSR count). The summed E-state index contributed by atoms with van der Waals surface area (Å²) in [4.78, 5) is 23.9. The zero-order valence-electron chi connectivity index (χ0n) is 13.9. The van der Waals surface area contributed by atoms with Gasteiger partial charge in [-0.1, -0.05) is 48.2 Å². The van der Waals surface area contributed by atoms with Gasteiger partial charge in [-0.2, -0.15) is 0 Å². The summed E-state index contributed by atoms with van der Waals surface area (Å²) < 4.78 is 6.67. The fourth-order valence-corrected chi connectivity index (χ4v) is 5.45. The molecular formula is C15H19N3O3S4. The first-order chi connectivity index (χ1) is 12.1. The smallest absolute Gasteiger partial charge is 0.341 e. The summed E-state index contributed by atoms with van der Waals surface area (Å²) in [7, 11) is 0. The fraction of sp³-hybridized carbons (Fsp3) is 0.467. The second kappa shape index (κ2) is 10.8. The SMILES string of the molecule is CCCCSc1nnc(SCC(=O)Nc2sccc2C(=O)OCC)s1. The normalized spacial score (nSPS) is 10.6. The lowest BCUT2D eigenvalue weighted by molar-refractivity contribution is -0.113. The maximum Gasteiger partial charge on any atom is 0.341 e. The van der Waals surface area contributed by atoms with Crippen molar-refractivity contribution in [2.75, 3.05) is 23.4 Å². The molecule has 136 valence electrons. The molecular weight excluding hydrogens is 398 g/mol. The zero-order valence-corrected chi connectivity index (χ0v) is 17.2. The molecule has 25 heavy (non-hydrogen) atoms. The molecule has 0 spiro atoms. The lowest BCUT2D eigenvalue weighted by atomic mass is 10.3. The molecule has 1 amide bonds. The van der Waals surface area contributed by atoms with Gasteiger partial charge in [-0.3, -0.25) is 4.79 Å². The predicted octanol–water partition coefficient (Wildman–Crippen LogP) is 4.40. The van der Waals surface area contributed by atoms with Crippen molar-refractivity contribution in [3.63, 3.8) is 0 Å². The van der Waals surface area contributed by atoms with Crippen LogP contribution in [0.4, 0.5) is 5.00 Å². The molecule has 2 aromatic heterocycles. The van der Waals surface area contributed by atoms with Gasteiger partial charge < -0.3 is 10.1 Å². The van der Waals surface area contributed by atoms with Gasteiger partial charge in [0.05, 0.1) is 17.9 Å². The highest BCUT2D eigenvalue weighted by atomic mass is 32.2. The lowest BCUT2D eigenvalue weighted by Crippen LogP contribution is -2.15. The molecule has 0 aromatic carbocycles. The Balaban J connectivity index is 1.81. The largest absolute Gasteiger partial charge is 0.462 e. The van der Waals surface area contributed by atoms with E-state index in [9.17, 15) is 9.59 Å². The first kappa shape index (κ1) is 20.2. The molecule has 0 aliphatic rings. The van der Waals surface area contributed by atoms with E-state index in [2.05, 4.69) is 22.4 Å². The van der Waals surface area contributed by atoms with Gasteiger partial charge in [0, 0.05) is 5.75 Å². The van der Waals surface area contributed by atoms with E-state index >= 15 is 0 Å². The van der Waals surface area contributed by atoms with Crippen LogP contribution in [0.5, 0.6) is 0 Å². The molecule has 0 fully saturated rings. The van der Waals surface area contributed by atoms with E-state index in [1.165, 1.54) is 34.4 Å². The number of rotatable bonds is 10. The van der Waals surface area contributed by atoms with Crippen LogP contribution in [0.15, 0.2) is 20.1 Å². The number of nitrogens with zero attached hydrogens (tertiary/aromatic N) is 2. The zero-order chi connectivity index (χ0) is 18.1. The summed E-state index contributed by atoms with van der Waals surface area (Å²) in [5.41, 5.74) is 0.385. The summed E-state index contributed by atoms with van der Waals surface area (Å²) in [6.45, 7) is 4.20. The molecule has 0 bridgehead atoms. The van der Waals surface area contributed by atoms with E-state index in [1.807, 2.05) is 0 Å². The molecule has 0 radical (unpaired) electrons. The van der Waals surface area contributed by atoms with Crippen LogP contribution in [-0.4, -0.2) is 40.2 Å². The molecule has 6 nitrogen and oxygen atoms in total. The molecule has 0 saturated heterocycles. The van der Waals surface area contributed by atoms with Crippen LogP contribution in [0.1, 0.15) is 37.0 Å². The summed E-state index contributed by atoms with van der Waals surface area (Å²) in [6, 6.07) is 1.65. The van der Waals surface area contributed by atoms with Crippen LogP contribution < -0.4 is 5.32 Å². The third-order valence-corrected chi connectivity index (χ3v) is 6.96. The lowest BCUT2D eigenvalue weighted by Gasteiger charge is -2.05. The van der Waals surface area contributed by atoms with Crippen molar-refractivity contribution in [1.82, 2.24) is 10.2 Å². The average Bonchev–Trinajstić information content (AvgIpc) is 3.23. The number of nitrogens with one attached hydrogen (secondary N) is 1. The monoisotopic (exact) mass is 417 g/mol. The molecule has 10 heteroatoms. The Labute approximate surface area is 163 Å². The third-order valence-electron chi connectivity index (χ3n) is 2.85. The molecule has 0 aliphatic heterocycles. The van der Waals surface area contributed by atoms with Crippen LogP contribution in [0.3, 0.4) is 0 Å². The van der Waals surface area contributed by atoms with Crippen molar-refractivity contribution >= 4 is 63.1 Å². The predicted molar refractivity (Wildman–Crippen MR) is 105 cm³/mol. The van der Waals surface area contributed by atoms with Crippen molar-refractivity contribution in [2.45, 2.75) is 35.4 Å². The number of carbonyl (C=O) groups is 2. The summed E-state index contributed by atoms with van der Waals surface area (Å²) in [5, 5.41) is 13.2. The van der Waals surface area contributed by atoms with Crippen molar-refractivity contribution in [2.24, 2.45) is 0 Å².